The van der Waals surface area contributed by atoms with Gasteiger partial charge in [-0.2, -0.15) is 0 Å². The van der Waals surface area contributed by atoms with Gasteiger partial charge >= 0.3 is 0 Å². The lowest BCUT2D eigenvalue weighted by atomic mass is 10.1. The van der Waals surface area contributed by atoms with E-state index in [2.05, 4.69) is 19.9 Å². The van der Waals surface area contributed by atoms with Gasteiger partial charge in [-0.25, -0.2) is 0 Å². The maximum Gasteiger partial charge on any atom is 0.137 e. The maximum absolute atomic E-state index is 8.58. The van der Waals surface area contributed by atoms with Gasteiger partial charge in [0, 0.05) is 0 Å². The molecule has 1 rings (SSSR count). The van der Waals surface area contributed by atoms with Gasteiger partial charge in [0.15, 0.2) is 0 Å². The Hall–Kier alpha value is -1.06. The number of benzene rings is 1. The summed E-state index contributed by atoms with van der Waals surface area (Å²) < 4.78 is 5.60. The average Bonchev–Trinajstić information content (AvgIpc) is 2.16. The van der Waals surface area contributed by atoms with Gasteiger partial charge in [0.25, 0.3) is 0 Å². The van der Waals surface area contributed by atoms with Crippen molar-refractivity contribution in [2.24, 2.45) is 0 Å². The highest BCUT2D eigenvalue weighted by Crippen LogP contribution is 2.15. The first kappa shape index (κ1) is 12.0. The van der Waals surface area contributed by atoms with E-state index in [0.717, 1.165) is 18.8 Å². The van der Waals surface area contributed by atoms with E-state index in [1.165, 1.54) is 11.1 Å². The molecule has 1 aromatic rings. The van der Waals surface area contributed by atoms with Gasteiger partial charge < -0.3 is 15.2 Å². The summed E-state index contributed by atoms with van der Waals surface area (Å²) in [6.07, 6.45) is 0. The predicted molar refractivity (Wildman–Crippen MR) is 60.2 cm³/mol. The Bertz CT molecular complexity index is 279. The van der Waals surface area contributed by atoms with E-state index >= 15 is 0 Å². The number of quaternary nitrogens is 1. The van der Waals surface area contributed by atoms with Gasteiger partial charge in [0.05, 0.1) is 13.2 Å². The van der Waals surface area contributed by atoms with E-state index in [1.54, 1.807) is 0 Å². The van der Waals surface area contributed by atoms with Crippen LogP contribution in [0.1, 0.15) is 11.1 Å². The Labute approximate surface area is 91.1 Å². The van der Waals surface area contributed by atoms with Crippen molar-refractivity contribution in [1.82, 2.24) is 0 Å². The fraction of sp³-hybridized carbons (Fsp3) is 0.500. The molecule has 0 aromatic heterocycles. The molecule has 84 valence electrons. The lowest BCUT2D eigenvalue weighted by Gasteiger charge is -2.07. The van der Waals surface area contributed by atoms with Gasteiger partial charge in [-0.1, -0.05) is 6.07 Å². The Kier molecular flexibility index (Phi) is 5.15. The third kappa shape index (κ3) is 4.81. The van der Waals surface area contributed by atoms with Gasteiger partial charge in [-0.3, -0.25) is 0 Å². The van der Waals surface area contributed by atoms with Crippen LogP contribution in [-0.4, -0.2) is 31.4 Å². The summed E-state index contributed by atoms with van der Waals surface area (Å²) in [6.45, 7) is 6.67. The summed E-state index contributed by atoms with van der Waals surface area (Å²) in [5.74, 6) is 0.935. The zero-order valence-corrected chi connectivity index (χ0v) is 9.49. The van der Waals surface area contributed by atoms with Crippen LogP contribution in [0.5, 0.6) is 5.75 Å². The highest BCUT2D eigenvalue weighted by Gasteiger charge is 1.97. The van der Waals surface area contributed by atoms with Crippen molar-refractivity contribution in [2.75, 3.05) is 26.3 Å². The Morgan fingerprint density at radius 3 is 2.40 bits per heavy atom. The zero-order chi connectivity index (χ0) is 11.1. The lowest BCUT2D eigenvalue weighted by molar-refractivity contribution is -0.656. The normalized spacial score (nSPS) is 10.3. The Morgan fingerprint density at radius 1 is 1.13 bits per heavy atom. The summed E-state index contributed by atoms with van der Waals surface area (Å²) in [4.78, 5) is 0. The molecule has 3 N–H and O–H groups in total. The molecule has 0 atom stereocenters. The molecule has 0 saturated heterocycles. The van der Waals surface area contributed by atoms with Crippen LogP contribution >= 0.6 is 0 Å². The summed E-state index contributed by atoms with van der Waals surface area (Å²) in [5, 5.41) is 10.6. The first-order chi connectivity index (χ1) is 7.22. The molecule has 0 radical (unpaired) electrons. The van der Waals surface area contributed by atoms with Crippen molar-refractivity contribution in [1.29, 1.82) is 0 Å². The number of aliphatic hydroxyl groups is 1. The smallest absolute Gasteiger partial charge is 0.137 e. The number of ether oxygens (including phenoxy) is 1. The van der Waals surface area contributed by atoms with Crippen LogP contribution in [0.4, 0.5) is 0 Å². The van der Waals surface area contributed by atoms with Crippen LogP contribution in [-0.2, 0) is 0 Å². The monoisotopic (exact) mass is 210 g/mol. The Balaban J connectivity index is 2.31. The number of aryl methyl sites for hydroxylation is 2. The van der Waals surface area contributed by atoms with Gasteiger partial charge in [-0.05, 0) is 37.1 Å². The van der Waals surface area contributed by atoms with E-state index in [0.29, 0.717) is 6.61 Å². The van der Waals surface area contributed by atoms with Crippen molar-refractivity contribution in [3.8, 4) is 5.75 Å². The summed E-state index contributed by atoms with van der Waals surface area (Å²) in [7, 11) is 0. The second kappa shape index (κ2) is 6.43. The maximum atomic E-state index is 8.58. The van der Waals surface area contributed by atoms with E-state index in [1.807, 2.05) is 17.4 Å². The van der Waals surface area contributed by atoms with E-state index < -0.39 is 0 Å². The molecule has 0 aliphatic heterocycles. The molecule has 0 aliphatic rings. The molecular weight excluding hydrogens is 190 g/mol. The molecule has 0 amide bonds. The molecule has 0 spiro atoms. The van der Waals surface area contributed by atoms with Crippen LogP contribution in [0, 0.1) is 13.8 Å². The van der Waals surface area contributed by atoms with Crippen LogP contribution in [0.25, 0.3) is 0 Å². The van der Waals surface area contributed by atoms with Crippen molar-refractivity contribution in [3.63, 3.8) is 0 Å². The van der Waals surface area contributed by atoms with Crippen LogP contribution in [0.3, 0.4) is 0 Å². The largest absolute Gasteiger partial charge is 0.488 e. The van der Waals surface area contributed by atoms with Crippen LogP contribution in [0.2, 0.25) is 0 Å². The lowest BCUT2D eigenvalue weighted by Crippen LogP contribution is -2.86. The predicted octanol–water partition coefficient (Wildman–Crippen LogP) is 0.238. The van der Waals surface area contributed by atoms with Crippen molar-refractivity contribution in [2.45, 2.75) is 13.8 Å². The number of hydrogen-bond acceptors (Lipinski definition) is 2. The van der Waals surface area contributed by atoms with Crippen molar-refractivity contribution in [3.05, 3.63) is 29.3 Å². The molecule has 0 aliphatic carbocycles. The minimum atomic E-state index is 0.226. The highest BCUT2D eigenvalue weighted by molar-refractivity contribution is 5.32. The summed E-state index contributed by atoms with van der Waals surface area (Å²) in [5.41, 5.74) is 2.45. The molecule has 15 heavy (non-hydrogen) atoms. The van der Waals surface area contributed by atoms with Gasteiger partial charge in [-0.15, -0.1) is 0 Å². The zero-order valence-electron chi connectivity index (χ0n) is 9.49. The Morgan fingerprint density at radius 2 is 1.80 bits per heavy atom. The fourth-order valence-corrected chi connectivity index (χ4v) is 1.51. The molecule has 0 fully saturated rings. The van der Waals surface area contributed by atoms with E-state index in [4.69, 9.17) is 9.84 Å². The standard InChI is InChI=1S/C12H19NO2/c1-10-7-11(2)9-12(8-10)15-6-4-13-3-5-14/h7-9,13-14H,3-6H2,1-2H3/p+1. The van der Waals surface area contributed by atoms with Gasteiger partial charge in [0.2, 0.25) is 0 Å². The second-order valence-electron chi connectivity index (χ2n) is 3.76. The van der Waals surface area contributed by atoms with E-state index in [-0.39, 0.29) is 6.61 Å². The minimum Gasteiger partial charge on any atom is -0.488 e. The third-order valence-electron chi connectivity index (χ3n) is 2.12. The van der Waals surface area contributed by atoms with E-state index in [9.17, 15) is 0 Å². The first-order valence-electron chi connectivity index (χ1n) is 5.36. The minimum absolute atomic E-state index is 0.226. The molecule has 3 heteroatoms. The molecule has 0 saturated carbocycles. The van der Waals surface area contributed by atoms with Gasteiger partial charge in [0.1, 0.15) is 18.9 Å². The molecule has 0 unspecified atom stereocenters. The number of hydrogen-bond donors (Lipinski definition) is 2. The second-order valence-corrected chi connectivity index (χ2v) is 3.76. The van der Waals surface area contributed by atoms with Crippen LogP contribution in [0.15, 0.2) is 18.2 Å². The molecular formula is C12H20NO2+. The number of nitrogens with two attached hydrogens (primary N) is 1. The summed E-state index contributed by atoms with van der Waals surface area (Å²) in [6, 6.07) is 6.21. The molecule has 0 heterocycles. The molecule has 3 nitrogen and oxygen atoms in total. The topological polar surface area (TPSA) is 46.1 Å². The quantitative estimate of drug-likeness (QED) is 0.661. The van der Waals surface area contributed by atoms with Crippen molar-refractivity contribution >= 4 is 0 Å². The summed E-state index contributed by atoms with van der Waals surface area (Å²) >= 11 is 0. The fourth-order valence-electron chi connectivity index (χ4n) is 1.51. The highest BCUT2D eigenvalue weighted by atomic mass is 16.5. The average molecular weight is 210 g/mol. The first-order valence-corrected chi connectivity index (χ1v) is 5.36. The molecule has 1 aromatic carbocycles. The third-order valence-corrected chi connectivity index (χ3v) is 2.12. The molecule has 0 bridgehead atoms. The van der Waals surface area contributed by atoms with Crippen molar-refractivity contribution < 1.29 is 15.2 Å². The SMILES string of the molecule is Cc1cc(C)cc(OCC[NH2+]CCO)c1. The van der Waals surface area contributed by atoms with Crippen LogP contribution < -0.4 is 10.1 Å². The number of rotatable bonds is 6. The number of aliphatic hydroxyl groups excluding tert-OH is 1.